The van der Waals surface area contributed by atoms with Crippen LogP contribution in [0.5, 0.6) is 0 Å². The molecule has 2 heterocycles. The van der Waals surface area contributed by atoms with Crippen molar-refractivity contribution < 1.29 is 9.18 Å². The predicted molar refractivity (Wildman–Crippen MR) is 119 cm³/mol. The van der Waals surface area contributed by atoms with Crippen molar-refractivity contribution in [3.63, 3.8) is 0 Å². The summed E-state index contributed by atoms with van der Waals surface area (Å²) in [4.78, 5) is 29.6. The highest BCUT2D eigenvalue weighted by atomic mass is 32.1. The molecule has 0 spiro atoms. The van der Waals surface area contributed by atoms with Crippen LogP contribution in [0.15, 0.2) is 65.7 Å². The van der Waals surface area contributed by atoms with Crippen molar-refractivity contribution in [1.82, 2.24) is 19.2 Å². The van der Waals surface area contributed by atoms with Crippen LogP contribution in [0.25, 0.3) is 21.5 Å². The van der Waals surface area contributed by atoms with E-state index in [1.165, 1.54) is 28.6 Å². The smallest absolute Gasteiger partial charge is 0.273 e. The van der Waals surface area contributed by atoms with E-state index in [4.69, 9.17) is 0 Å². The highest BCUT2D eigenvalue weighted by molar-refractivity contribution is 7.13. The summed E-state index contributed by atoms with van der Waals surface area (Å²) in [5.74, 6) is -0.588. The Morgan fingerprint density at radius 3 is 2.65 bits per heavy atom. The van der Waals surface area contributed by atoms with Gasteiger partial charge in [0.05, 0.1) is 6.33 Å². The molecule has 0 aliphatic rings. The number of hydrogen-bond acceptors (Lipinski definition) is 5. The van der Waals surface area contributed by atoms with Crippen LogP contribution < -0.4 is 10.9 Å². The van der Waals surface area contributed by atoms with Gasteiger partial charge in [0.2, 0.25) is 5.91 Å². The highest BCUT2D eigenvalue weighted by Gasteiger charge is 2.16. The van der Waals surface area contributed by atoms with Crippen molar-refractivity contribution >= 4 is 27.7 Å². The first-order valence-electron chi connectivity index (χ1n) is 9.95. The van der Waals surface area contributed by atoms with E-state index in [0.29, 0.717) is 21.5 Å². The van der Waals surface area contributed by atoms with Gasteiger partial charge in [0, 0.05) is 11.6 Å². The second-order valence-corrected chi connectivity index (χ2v) is 8.16. The molecular formula is C23H21FN4O2S. The van der Waals surface area contributed by atoms with Crippen LogP contribution in [-0.4, -0.2) is 25.9 Å². The van der Waals surface area contributed by atoms with Crippen LogP contribution in [0.2, 0.25) is 0 Å². The van der Waals surface area contributed by atoms with Crippen LogP contribution >= 0.6 is 11.5 Å². The monoisotopic (exact) mass is 436 g/mol. The molecule has 0 saturated heterocycles. The topological polar surface area (TPSA) is 76.9 Å². The van der Waals surface area contributed by atoms with Crippen molar-refractivity contribution in [1.29, 1.82) is 0 Å². The lowest BCUT2D eigenvalue weighted by Crippen LogP contribution is -2.37. The number of nitrogens with one attached hydrogen (secondary N) is 1. The molecule has 4 rings (SSSR count). The average molecular weight is 437 g/mol. The van der Waals surface area contributed by atoms with Gasteiger partial charge in [-0.3, -0.25) is 14.2 Å². The second-order valence-electron chi connectivity index (χ2n) is 7.39. The van der Waals surface area contributed by atoms with Gasteiger partial charge in [-0.25, -0.2) is 9.37 Å². The third-order valence-corrected chi connectivity index (χ3v) is 5.82. The normalized spacial score (nSPS) is 12.1. The molecule has 0 radical (unpaired) electrons. The number of halogens is 1. The number of amides is 1. The number of carbonyl (C=O) groups is 1. The zero-order chi connectivity index (χ0) is 21.8. The van der Waals surface area contributed by atoms with Gasteiger partial charge in [-0.15, -0.1) is 0 Å². The SMILES string of the molecule is C[C@H](CCc1ccccc1)NC(=O)Cn1cnc2c(-c3ccc(F)cc3)nsc2c1=O. The molecule has 0 saturated carbocycles. The molecule has 1 N–H and O–H groups in total. The maximum atomic E-state index is 13.2. The van der Waals surface area contributed by atoms with E-state index in [9.17, 15) is 14.0 Å². The van der Waals surface area contributed by atoms with Crippen molar-refractivity contribution in [2.75, 3.05) is 0 Å². The Kier molecular flexibility index (Phi) is 6.18. The van der Waals surface area contributed by atoms with Crippen LogP contribution in [0.1, 0.15) is 18.9 Å². The molecular weight excluding hydrogens is 415 g/mol. The van der Waals surface area contributed by atoms with Crippen molar-refractivity contribution in [2.45, 2.75) is 32.4 Å². The van der Waals surface area contributed by atoms with E-state index in [1.54, 1.807) is 12.1 Å². The van der Waals surface area contributed by atoms with Crippen LogP contribution in [0, 0.1) is 5.82 Å². The zero-order valence-electron chi connectivity index (χ0n) is 16.9. The number of nitrogens with zero attached hydrogens (tertiary/aromatic N) is 3. The van der Waals surface area contributed by atoms with E-state index in [0.717, 1.165) is 24.4 Å². The van der Waals surface area contributed by atoms with Gasteiger partial charge in [-0.1, -0.05) is 30.3 Å². The molecule has 1 amide bonds. The number of rotatable bonds is 7. The number of carbonyl (C=O) groups excluding carboxylic acids is 1. The van der Waals surface area contributed by atoms with Crippen LogP contribution in [-0.2, 0) is 17.8 Å². The lowest BCUT2D eigenvalue weighted by molar-refractivity contribution is -0.122. The van der Waals surface area contributed by atoms with Gasteiger partial charge in [-0.2, -0.15) is 4.37 Å². The quantitative estimate of drug-likeness (QED) is 0.478. The maximum absolute atomic E-state index is 13.2. The summed E-state index contributed by atoms with van der Waals surface area (Å²) in [7, 11) is 0. The third-order valence-electron chi connectivity index (χ3n) is 5.00. The molecule has 0 bridgehead atoms. The summed E-state index contributed by atoms with van der Waals surface area (Å²) in [6, 6.07) is 15.9. The molecule has 2 aromatic carbocycles. The fourth-order valence-corrected chi connectivity index (χ4v) is 4.15. The van der Waals surface area contributed by atoms with Gasteiger partial charge < -0.3 is 5.32 Å². The molecule has 0 aliphatic carbocycles. The molecule has 4 aromatic rings. The number of hydrogen-bond donors (Lipinski definition) is 1. The summed E-state index contributed by atoms with van der Waals surface area (Å²) < 4.78 is 19.2. The number of aryl methyl sites for hydroxylation is 1. The molecule has 8 heteroatoms. The molecule has 0 fully saturated rings. The van der Waals surface area contributed by atoms with Crippen molar-refractivity contribution in [3.05, 3.63) is 82.7 Å². The van der Waals surface area contributed by atoms with Crippen LogP contribution in [0.4, 0.5) is 4.39 Å². The molecule has 2 aromatic heterocycles. The van der Waals surface area contributed by atoms with Gasteiger partial charge in [0.1, 0.15) is 28.3 Å². The predicted octanol–water partition coefficient (Wildman–Crippen LogP) is 3.80. The van der Waals surface area contributed by atoms with Gasteiger partial charge in [-0.05, 0) is 61.1 Å². The molecule has 6 nitrogen and oxygen atoms in total. The maximum Gasteiger partial charge on any atom is 0.273 e. The minimum Gasteiger partial charge on any atom is -0.352 e. The standard InChI is InChI=1S/C23H21FN4O2S/c1-15(7-8-16-5-3-2-4-6-16)26-19(29)13-28-14-25-21-20(27-31-22(21)23(28)30)17-9-11-18(24)12-10-17/h2-6,9-12,14-15H,7-8,13H2,1H3,(H,26,29)/t15-/m1/s1. The summed E-state index contributed by atoms with van der Waals surface area (Å²) in [6.07, 6.45) is 3.03. The van der Waals surface area contributed by atoms with E-state index < -0.39 is 0 Å². The van der Waals surface area contributed by atoms with Gasteiger partial charge >= 0.3 is 0 Å². The Morgan fingerprint density at radius 1 is 1.16 bits per heavy atom. The molecule has 31 heavy (non-hydrogen) atoms. The Morgan fingerprint density at radius 2 is 1.90 bits per heavy atom. The van der Waals surface area contributed by atoms with E-state index >= 15 is 0 Å². The summed E-state index contributed by atoms with van der Waals surface area (Å²) in [6.45, 7) is 1.84. The van der Waals surface area contributed by atoms with Crippen molar-refractivity contribution in [3.8, 4) is 11.3 Å². The Bertz CT molecular complexity index is 1250. The lowest BCUT2D eigenvalue weighted by Gasteiger charge is -2.14. The first-order chi connectivity index (χ1) is 15.0. The van der Waals surface area contributed by atoms with Crippen molar-refractivity contribution in [2.24, 2.45) is 0 Å². The fourth-order valence-electron chi connectivity index (χ4n) is 3.34. The molecule has 158 valence electrons. The summed E-state index contributed by atoms with van der Waals surface area (Å²) in [5.41, 5.74) is 2.57. The molecule has 0 aliphatic heterocycles. The first-order valence-corrected chi connectivity index (χ1v) is 10.7. The zero-order valence-corrected chi connectivity index (χ0v) is 17.7. The second kappa shape index (κ2) is 9.18. The van der Waals surface area contributed by atoms with E-state index in [2.05, 4.69) is 26.8 Å². The Hall–Kier alpha value is -3.39. The average Bonchev–Trinajstić information content (AvgIpc) is 3.20. The summed E-state index contributed by atoms with van der Waals surface area (Å²) in [5, 5.41) is 2.94. The summed E-state index contributed by atoms with van der Waals surface area (Å²) >= 11 is 1.03. The minimum atomic E-state index is -0.345. The fraction of sp³-hybridized carbons (Fsp3) is 0.217. The highest BCUT2D eigenvalue weighted by Crippen LogP contribution is 2.27. The largest absolute Gasteiger partial charge is 0.352 e. The number of fused-ring (bicyclic) bond motifs is 1. The third kappa shape index (κ3) is 4.86. The van der Waals surface area contributed by atoms with Gasteiger partial charge in [0.25, 0.3) is 5.56 Å². The Balaban J connectivity index is 1.43. The first kappa shape index (κ1) is 20.9. The number of aromatic nitrogens is 3. The minimum absolute atomic E-state index is 0.0198. The molecule has 1 atom stereocenters. The van der Waals surface area contributed by atoms with E-state index in [-0.39, 0.29) is 29.9 Å². The number of benzene rings is 2. The lowest BCUT2D eigenvalue weighted by atomic mass is 10.1. The Labute approximate surface area is 182 Å². The molecule has 0 unspecified atom stereocenters. The van der Waals surface area contributed by atoms with Gasteiger partial charge in [0.15, 0.2) is 0 Å². The van der Waals surface area contributed by atoms with Crippen LogP contribution in [0.3, 0.4) is 0 Å². The van der Waals surface area contributed by atoms with E-state index in [1.807, 2.05) is 25.1 Å².